The average Bonchev–Trinajstić information content (AvgIpc) is 3.03. The summed E-state index contributed by atoms with van der Waals surface area (Å²) in [7, 11) is 0. The highest BCUT2D eigenvalue weighted by molar-refractivity contribution is 5.95. The van der Waals surface area contributed by atoms with Gasteiger partial charge in [-0.1, -0.05) is 6.07 Å². The van der Waals surface area contributed by atoms with Crippen LogP contribution in [0.4, 0.5) is 13.2 Å². The predicted octanol–water partition coefficient (Wildman–Crippen LogP) is 3.64. The molecule has 0 spiro atoms. The number of amides is 2. The summed E-state index contributed by atoms with van der Waals surface area (Å²) < 4.78 is 38.9. The van der Waals surface area contributed by atoms with Crippen molar-refractivity contribution in [2.75, 3.05) is 26.2 Å². The summed E-state index contributed by atoms with van der Waals surface area (Å²) in [4.78, 5) is 37.2. The van der Waals surface area contributed by atoms with E-state index in [4.69, 9.17) is 0 Å². The molecule has 6 nitrogen and oxygen atoms in total. The van der Waals surface area contributed by atoms with Gasteiger partial charge >= 0.3 is 6.18 Å². The molecule has 160 valence electrons. The summed E-state index contributed by atoms with van der Waals surface area (Å²) in [5.74, 6) is -0.741. The Morgan fingerprint density at radius 2 is 1.61 bits per heavy atom. The lowest BCUT2D eigenvalue weighted by Crippen LogP contribution is -2.37. The maximum atomic E-state index is 13.0. The van der Waals surface area contributed by atoms with E-state index in [0.717, 1.165) is 17.5 Å². The smallest absolute Gasteiger partial charge is 0.337 e. The molecule has 1 aromatic carbocycles. The van der Waals surface area contributed by atoms with E-state index < -0.39 is 17.6 Å². The van der Waals surface area contributed by atoms with Gasteiger partial charge < -0.3 is 9.80 Å². The maximum absolute atomic E-state index is 13.0. The summed E-state index contributed by atoms with van der Waals surface area (Å²) in [5.41, 5.74) is -0.133. The van der Waals surface area contributed by atoms with Crippen LogP contribution in [0.1, 0.15) is 32.8 Å². The Labute approximate surface area is 176 Å². The van der Waals surface area contributed by atoms with E-state index in [9.17, 15) is 22.8 Å². The Hall–Kier alpha value is -3.49. The third-order valence-corrected chi connectivity index (χ3v) is 5.19. The van der Waals surface area contributed by atoms with Crippen LogP contribution in [0.25, 0.3) is 11.0 Å². The van der Waals surface area contributed by atoms with Gasteiger partial charge in [0.2, 0.25) is 0 Å². The predicted molar refractivity (Wildman–Crippen MR) is 107 cm³/mol. The van der Waals surface area contributed by atoms with Crippen molar-refractivity contribution in [3.05, 3.63) is 71.5 Å². The Bertz CT molecular complexity index is 1130. The minimum Gasteiger partial charge on any atom is -0.337 e. The highest BCUT2D eigenvalue weighted by atomic mass is 19.4. The first-order chi connectivity index (χ1) is 14.8. The minimum atomic E-state index is -4.51. The molecular formula is C22H19F3N4O2. The molecule has 3 heterocycles. The van der Waals surface area contributed by atoms with Crippen molar-refractivity contribution in [2.24, 2.45) is 0 Å². The van der Waals surface area contributed by atoms with Crippen molar-refractivity contribution < 1.29 is 22.8 Å². The van der Waals surface area contributed by atoms with Gasteiger partial charge in [-0.25, -0.2) is 9.97 Å². The molecule has 1 aliphatic heterocycles. The third kappa shape index (κ3) is 4.50. The number of hydrogen-bond acceptors (Lipinski definition) is 4. The zero-order chi connectivity index (χ0) is 22.0. The Morgan fingerprint density at radius 1 is 0.871 bits per heavy atom. The normalized spacial score (nSPS) is 15.1. The molecule has 0 unspecified atom stereocenters. The molecule has 0 N–H and O–H groups in total. The van der Waals surface area contributed by atoms with Crippen LogP contribution in [0.5, 0.6) is 0 Å². The van der Waals surface area contributed by atoms with E-state index in [2.05, 4.69) is 9.97 Å². The molecule has 1 fully saturated rings. The van der Waals surface area contributed by atoms with Crippen molar-refractivity contribution in [1.29, 1.82) is 0 Å². The molecule has 0 bridgehead atoms. The van der Waals surface area contributed by atoms with Gasteiger partial charge in [-0.15, -0.1) is 0 Å². The quantitative estimate of drug-likeness (QED) is 0.625. The summed E-state index contributed by atoms with van der Waals surface area (Å²) in [6, 6.07) is 11.5. The fourth-order valence-electron chi connectivity index (χ4n) is 3.57. The molecule has 31 heavy (non-hydrogen) atoms. The van der Waals surface area contributed by atoms with Crippen LogP contribution in [-0.4, -0.2) is 57.8 Å². The largest absolute Gasteiger partial charge is 0.416 e. The molecule has 3 aromatic rings. The minimum absolute atomic E-state index is 0.0168. The summed E-state index contributed by atoms with van der Waals surface area (Å²) >= 11 is 0. The lowest BCUT2D eigenvalue weighted by Gasteiger charge is -2.22. The zero-order valence-corrected chi connectivity index (χ0v) is 16.5. The number of nitrogens with zero attached hydrogens (tertiary/aromatic N) is 4. The van der Waals surface area contributed by atoms with Crippen LogP contribution in [-0.2, 0) is 6.18 Å². The Kier molecular flexibility index (Phi) is 5.58. The number of benzene rings is 1. The van der Waals surface area contributed by atoms with Gasteiger partial charge in [0.05, 0.1) is 5.56 Å². The van der Waals surface area contributed by atoms with Gasteiger partial charge in [-0.2, -0.15) is 13.2 Å². The van der Waals surface area contributed by atoms with Gasteiger partial charge in [0.25, 0.3) is 11.8 Å². The second kappa shape index (κ2) is 8.33. The molecule has 4 rings (SSSR count). The van der Waals surface area contributed by atoms with E-state index in [0.29, 0.717) is 25.2 Å². The molecule has 0 atom stereocenters. The fourth-order valence-corrected chi connectivity index (χ4v) is 3.57. The van der Waals surface area contributed by atoms with Crippen LogP contribution >= 0.6 is 0 Å². The Balaban J connectivity index is 1.46. The van der Waals surface area contributed by atoms with Gasteiger partial charge in [-0.3, -0.25) is 9.59 Å². The molecule has 9 heteroatoms. The molecule has 2 amide bonds. The van der Waals surface area contributed by atoms with Crippen molar-refractivity contribution in [2.45, 2.75) is 12.6 Å². The number of hydrogen-bond donors (Lipinski definition) is 0. The van der Waals surface area contributed by atoms with E-state index >= 15 is 0 Å². The summed E-state index contributed by atoms with van der Waals surface area (Å²) in [6.45, 7) is 1.27. The second-order valence-electron chi connectivity index (χ2n) is 7.26. The van der Waals surface area contributed by atoms with Crippen molar-refractivity contribution in [1.82, 2.24) is 19.8 Å². The molecule has 0 saturated carbocycles. The lowest BCUT2D eigenvalue weighted by molar-refractivity contribution is -0.137. The van der Waals surface area contributed by atoms with Crippen LogP contribution in [0, 0.1) is 0 Å². The number of aromatic nitrogens is 2. The van der Waals surface area contributed by atoms with Gasteiger partial charge in [0.1, 0.15) is 5.69 Å². The van der Waals surface area contributed by atoms with Crippen LogP contribution in [0.2, 0.25) is 0 Å². The summed E-state index contributed by atoms with van der Waals surface area (Å²) in [5, 5.41) is 0.827. The monoisotopic (exact) mass is 428 g/mol. The molecule has 1 saturated heterocycles. The average molecular weight is 428 g/mol. The first kappa shape index (κ1) is 20.8. The van der Waals surface area contributed by atoms with Crippen molar-refractivity contribution in [3.8, 4) is 0 Å². The summed E-state index contributed by atoms with van der Waals surface area (Å²) in [6.07, 6.45) is -2.39. The van der Waals surface area contributed by atoms with Gasteiger partial charge in [0, 0.05) is 43.3 Å². The van der Waals surface area contributed by atoms with Crippen LogP contribution in [0.3, 0.4) is 0 Å². The van der Waals surface area contributed by atoms with E-state index in [1.54, 1.807) is 29.3 Å². The number of pyridine rings is 2. The molecule has 0 radical (unpaired) electrons. The number of carbonyl (C=O) groups excluding carboxylic acids is 2. The standard InChI is InChI=1S/C22H19F3N4O2/c23-22(24,25)17-6-1-4-16(14-17)20(30)28-10-3-11-29(13-12-28)21(31)18-8-7-15-5-2-9-26-19(15)27-18/h1-2,4-9,14H,3,10-13H2. The highest BCUT2D eigenvalue weighted by Crippen LogP contribution is 2.29. The molecule has 1 aliphatic rings. The first-order valence-electron chi connectivity index (χ1n) is 9.80. The lowest BCUT2D eigenvalue weighted by atomic mass is 10.1. The highest BCUT2D eigenvalue weighted by Gasteiger charge is 2.31. The SMILES string of the molecule is O=C(c1cccc(C(F)(F)F)c1)N1CCCN(C(=O)c2ccc3cccnc3n2)CC1. The number of fused-ring (bicyclic) bond motifs is 1. The molecular weight excluding hydrogens is 409 g/mol. The number of halogens is 3. The fraction of sp³-hybridized carbons (Fsp3) is 0.273. The van der Waals surface area contributed by atoms with Crippen molar-refractivity contribution in [3.63, 3.8) is 0 Å². The number of rotatable bonds is 2. The number of carbonyl (C=O) groups is 2. The van der Waals surface area contributed by atoms with Crippen LogP contribution < -0.4 is 0 Å². The second-order valence-corrected chi connectivity index (χ2v) is 7.26. The van der Waals surface area contributed by atoms with Gasteiger partial charge in [0.15, 0.2) is 5.65 Å². The van der Waals surface area contributed by atoms with E-state index in [-0.39, 0.29) is 30.3 Å². The first-order valence-corrected chi connectivity index (χ1v) is 9.80. The maximum Gasteiger partial charge on any atom is 0.416 e. The molecule has 2 aromatic heterocycles. The van der Waals surface area contributed by atoms with E-state index in [1.807, 2.05) is 6.07 Å². The van der Waals surface area contributed by atoms with Gasteiger partial charge in [-0.05, 0) is 48.9 Å². The third-order valence-electron chi connectivity index (χ3n) is 5.19. The zero-order valence-electron chi connectivity index (χ0n) is 16.5. The molecule has 0 aliphatic carbocycles. The Morgan fingerprint density at radius 3 is 2.35 bits per heavy atom. The number of alkyl halides is 3. The van der Waals surface area contributed by atoms with Crippen molar-refractivity contribution >= 4 is 22.8 Å². The topological polar surface area (TPSA) is 66.4 Å². The van der Waals surface area contributed by atoms with E-state index in [1.165, 1.54) is 17.0 Å². The van der Waals surface area contributed by atoms with Crippen LogP contribution in [0.15, 0.2) is 54.7 Å².